The molecule has 110 valence electrons. The maximum Gasteiger partial charge on any atom is 0.337 e. The summed E-state index contributed by atoms with van der Waals surface area (Å²) in [5.41, 5.74) is 6.34. The van der Waals surface area contributed by atoms with E-state index in [4.69, 9.17) is 22.4 Å². The number of aromatic carboxylic acids is 1. The smallest absolute Gasteiger partial charge is 0.337 e. The van der Waals surface area contributed by atoms with Crippen molar-refractivity contribution < 1.29 is 14.3 Å². The minimum absolute atomic E-state index is 0.0973. The van der Waals surface area contributed by atoms with Crippen molar-refractivity contribution in [2.45, 2.75) is 6.54 Å². The number of carboxylic acids is 1. The summed E-state index contributed by atoms with van der Waals surface area (Å²) in [5.74, 6) is -1.76. The SMILES string of the molecule is CN(Cc1cccc(Cl)c1)c1cc(C(=O)O)c(N)cc1F. The van der Waals surface area contributed by atoms with Crippen LogP contribution < -0.4 is 10.6 Å². The summed E-state index contributed by atoms with van der Waals surface area (Å²) in [4.78, 5) is 12.7. The average Bonchev–Trinajstić information content (AvgIpc) is 2.37. The summed E-state index contributed by atoms with van der Waals surface area (Å²) in [6, 6.07) is 9.43. The first kappa shape index (κ1) is 15.1. The molecule has 2 aromatic carbocycles. The van der Waals surface area contributed by atoms with Crippen molar-refractivity contribution in [3.8, 4) is 0 Å². The second-order valence-electron chi connectivity index (χ2n) is 4.68. The van der Waals surface area contributed by atoms with Crippen LogP contribution in [0.2, 0.25) is 5.02 Å². The van der Waals surface area contributed by atoms with Crippen LogP contribution in [0.5, 0.6) is 0 Å². The Bertz CT molecular complexity index is 691. The van der Waals surface area contributed by atoms with Gasteiger partial charge in [-0.15, -0.1) is 0 Å². The second-order valence-corrected chi connectivity index (χ2v) is 5.12. The van der Waals surface area contributed by atoms with Crippen LogP contribution in [0, 0.1) is 5.82 Å². The van der Waals surface area contributed by atoms with Gasteiger partial charge in [0.2, 0.25) is 0 Å². The number of nitrogens with two attached hydrogens (primary N) is 1. The van der Waals surface area contributed by atoms with Gasteiger partial charge in [0.15, 0.2) is 0 Å². The standard InChI is InChI=1S/C15H14ClFN2O2/c1-19(8-9-3-2-4-10(16)5-9)14-6-11(15(20)21)13(18)7-12(14)17/h2-7H,8,18H2,1H3,(H,20,21). The maximum atomic E-state index is 14.0. The van der Waals surface area contributed by atoms with E-state index in [-0.39, 0.29) is 16.9 Å². The van der Waals surface area contributed by atoms with Crippen LogP contribution in [0.1, 0.15) is 15.9 Å². The number of hydrogen-bond acceptors (Lipinski definition) is 3. The number of benzene rings is 2. The van der Waals surface area contributed by atoms with Gasteiger partial charge >= 0.3 is 5.97 Å². The van der Waals surface area contributed by atoms with Gasteiger partial charge in [-0.05, 0) is 29.8 Å². The Kier molecular flexibility index (Phi) is 4.33. The number of carboxylic acid groups (broad SMARTS) is 1. The van der Waals surface area contributed by atoms with Gasteiger partial charge in [-0.2, -0.15) is 0 Å². The highest BCUT2D eigenvalue weighted by atomic mass is 35.5. The number of nitrogens with zero attached hydrogens (tertiary/aromatic N) is 1. The first-order valence-electron chi connectivity index (χ1n) is 6.16. The summed E-state index contributed by atoms with van der Waals surface area (Å²) in [6.45, 7) is 0.389. The Balaban J connectivity index is 2.32. The van der Waals surface area contributed by atoms with E-state index in [0.29, 0.717) is 11.6 Å². The first-order valence-corrected chi connectivity index (χ1v) is 6.54. The average molecular weight is 309 g/mol. The van der Waals surface area contributed by atoms with Gasteiger partial charge in [0.05, 0.1) is 11.3 Å². The molecule has 0 aromatic heterocycles. The topological polar surface area (TPSA) is 66.6 Å². The molecular formula is C15H14ClFN2O2. The van der Waals surface area contributed by atoms with Crippen LogP contribution in [0.15, 0.2) is 36.4 Å². The number of hydrogen-bond donors (Lipinski definition) is 2. The van der Waals surface area contributed by atoms with Crippen molar-refractivity contribution in [1.82, 2.24) is 0 Å². The lowest BCUT2D eigenvalue weighted by molar-refractivity contribution is 0.0698. The molecule has 2 aromatic rings. The molecule has 0 spiro atoms. The largest absolute Gasteiger partial charge is 0.478 e. The zero-order chi connectivity index (χ0) is 15.6. The molecule has 4 nitrogen and oxygen atoms in total. The molecule has 0 aliphatic carbocycles. The minimum atomic E-state index is -1.19. The Labute approximate surface area is 126 Å². The lowest BCUT2D eigenvalue weighted by Gasteiger charge is -2.21. The zero-order valence-electron chi connectivity index (χ0n) is 11.3. The summed E-state index contributed by atoms with van der Waals surface area (Å²) >= 11 is 5.91. The third kappa shape index (κ3) is 3.44. The predicted octanol–water partition coefficient (Wildman–Crippen LogP) is 3.40. The highest BCUT2D eigenvalue weighted by Gasteiger charge is 2.16. The number of anilines is 2. The monoisotopic (exact) mass is 308 g/mol. The van der Waals surface area contributed by atoms with Crippen molar-refractivity contribution in [1.29, 1.82) is 0 Å². The summed E-state index contributed by atoms with van der Waals surface area (Å²) in [7, 11) is 1.67. The Morgan fingerprint density at radius 3 is 2.71 bits per heavy atom. The van der Waals surface area contributed by atoms with Gasteiger partial charge in [0.1, 0.15) is 5.82 Å². The molecular weight excluding hydrogens is 295 g/mol. The van der Waals surface area contributed by atoms with Gasteiger partial charge in [-0.3, -0.25) is 0 Å². The number of carbonyl (C=O) groups is 1. The molecule has 0 amide bonds. The maximum absolute atomic E-state index is 14.0. The van der Waals surface area contributed by atoms with E-state index in [0.717, 1.165) is 11.6 Å². The number of halogens is 2. The molecule has 0 saturated carbocycles. The fourth-order valence-corrected chi connectivity index (χ4v) is 2.26. The minimum Gasteiger partial charge on any atom is -0.478 e. The van der Waals surface area contributed by atoms with E-state index in [9.17, 15) is 9.18 Å². The van der Waals surface area contributed by atoms with E-state index in [1.165, 1.54) is 6.07 Å². The molecule has 0 fully saturated rings. The van der Waals surface area contributed by atoms with Crippen LogP contribution in [0.3, 0.4) is 0 Å². The molecule has 0 atom stereocenters. The lowest BCUT2D eigenvalue weighted by atomic mass is 10.1. The van der Waals surface area contributed by atoms with E-state index in [2.05, 4.69) is 0 Å². The highest BCUT2D eigenvalue weighted by Crippen LogP contribution is 2.26. The second kappa shape index (κ2) is 6.01. The van der Waals surface area contributed by atoms with E-state index in [1.54, 1.807) is 30.1 Å². The molecule has 3 N–H and O–H groups in total. The van der Waals surface area contributed by atoms with Crippen molar-refractivity contribution in [2.24, 2.45) is 0 Å². The van der Waals surface area contributed by atoms with Crippen LogP contribution in [-0.2, 0) is 6.54 Å². The number of rotatable bonds is 4. The first-order chi connectivity index (χ1) is 9.88. The molecule has 0 saturated heterocycles. The fourth-order valence-electron chi connectivity index (χ4n) is 2.05. The van der Waals surface area contributed by atoms with Crippen molar-refractivity contribution in [2.75, 3.05) is 17.7 Å². The zero-order valence-corrected chi connectivity index (χ0v) is 12.1. The highest BCUT2D eigenvalue weighted by molar-refractivity contribution is 6.30. The molecule has 0 aliphatic heterocycles. The summed E-state index contributed by atoms with van der Waals surface area (Å²) in [6.07, 6.45) is 0. The van der Waals surface area contributed by atoms with Crippen molar-refractivity contribution in [3.05, 3.63) is 58.4 Å². The molecule has 0 bridgehead atoms. The molecule has 0 unspecified atom stereocenters. The molecule has 6 heteroatoms. The Morgan fingerprint density at radius 2 is 2.10 bits per heavy atom. The van der Waals surface area contributed by atoms with Crippen molar-refractivity contribution in [3.63, 3.8) is 0 Å². The van der Waals surface area contributed by atoms with Gasteiger partial charge in [-0.25, -0.2) is 9.18 Å². The van der Waals surface area contributed by atoms with E-state index in [1.807, 2.05) is 6.07 Å². The molecule has 0 heterocycles. The third-order valence-electron chi connectivity index (χ3n) is 3.07. The Morgan fingerprint density at radius 1 is 1.38 bits per heavy atom. The third-order valence-corrected chi connectivity index (χ3v) is 3.30. The predicted molar refractivity (Wildman–Crippen MR) is 81.3 cm³/mol. The van der Waals surface area contributed by atoms with Gasteiger partial charge in [0.25, 0.3) is 0 Å². The normalized spacial score (nSPS) is 10.4. The fraction of sp³-hybridized carbons (Fsp3) is 0.133. The quantitative estimate of drug-likeness (QED) is 0.850. The van der Waals surface area contributed by atoms with E-state index >= 15 is 0 Å². The van der Waals surface area contributed by atoms with Crippen molar-refractivity contribution >= 4 is 28.9 Å². The van der Waals surface area contributed by atoms with Gasteiger partial charge in [0, 0.05) is 24.3 Å². The molecule has 2 rings (SSSR count). The van der Waals surface area contributed by atoms with Crippen LogP contribution >= 0.6 is 11.6 Å². The van der Waals surface area contributed by atoms with Crippen LogP contribution in [0.4, 0.5) is 15.8 Å². The number of nitrogen functional groups attached to an aromatic ring is 1. The Hall–Kier alpha value is -2.27. The lowest BCUT2D eigenvalue weighted by Crippen LogP contribution is -2.19. The summed E-state index contributed by atoms with van der Waals surface area (Å²) in [5, 5.41) is 9.64. The van der Waals surface area contributed by atoms with Crippen LogP contribution in [-0.4, -0.2) is 18.1 Å². The molecule has 0 radical (unpaired) electrons. The van der Waals surface area contributed by atoms with Crippen LogP contribution in [0.25, 0.3) is 0 Å². The molecule has 21 heavy (non-hydrogen) atoms. The van der Waals surface area contributed by atoms with Gasteiger partial charge in [-0.1, -0.05) is 23.7 Å². The molecule has 0 aliphatic rings. The summed E-state index contributed by atoms with van der Waals surface area (Å²) < 4.78 is 14.0. The van der Waals surface area contributed by atoms with Gasteiger partial charge < -0.3 is 15.7 Å². The van der Waals surface area contributed by atoms with E-state index < -0.39 is 11.8 Å².